The summed E-state index contributed by atoms with van der Waals surface area (Å²) in [5.41, 5.74) is 0.339. The number of halogens is 1. The Balaban J connectivity index is 2.35. The van der Waals surface area contributed by atoms with Crippen molar-refractivity contribution in [2.75, 3.05) is 0 Å². The first-order valence-corrected chi connectivity index (χ1v) is 7.56. The van der Waals surface area contributed by atoms with Crippen LogP contribution in [0.1, 0.15) is 17.3 Å². The van der Waals surface area contributed by atoms with Crippen LogP contribution in [0.4, 0.5) is 4.39 Å². The molecule has 104 valence electrons. The summed E-state index contributed by atoms with van der Waals surface area (Å²) in [5, 5.41) is -1.21. The molecule has 0 N–H and O–H groups in total. The van der Waals surface area contributed by atoms with Gasteiger partial charge in [0.25, 0.3) is 0 Å². The van der Waals surface area contributed by atoms with Gasteiger partial charge in [-0.1, -0.05) is 30.3 Å². The Morgan fingerprint density at radius 1 is 1.00 bits per heavy atom. The van der Waals surface area contributed by atoms with Crippen LogP contribution in [0.5, 0.6) is 0 Å². The largest absolute Gasteiger partial charge is 0.293 e. The predicted octanol–water partition coefficient (Wildman–Crippen LogP) is 2.87. The van der Waals surface area contributed by atoms with Crippen molar-refractivity contribution in [2.24, 2.45) is 0 Å². The lowest BCUT2D eigenvalue weighted by atomic mass is 10.1. The standard InChI is InChI=1S/C15H13FO3S/c1-11(15(17)12-5-3-2-4-6-12)20(18,19)14-9-7-13(16)8-10-14/h2-11H,1H3. The second-order valence-corrected chi connectivity index (χ2v) is 6.64. The van der Waals surface area contributed by atoms with Gasteiger partial charge in [0, 0.05) is 5.56 Å². The van der Waals surface area contributed by atoms with E-state index in [9.17, 15) is 17.6 Å². The molecular weight excluding hydrogens is 279 g/mol. The molecule has 1 atom stereocenters. The van der Waals surface area contributed by atoms with Gasteiger partial charge in [0.2, 0.25) is 0 Å². The van der Waals surface area contributed by atoms with Crippen LogP contribution < -0.4 is 0 Å². The van der Waals surface area contributed by atoms with Crippen LogP contribution in [0.15, 0.2) is 59.5 Å². The van der Waals surface area contributed by atoms with Crippen molar-refractivity contribution >= 4 is 15.6 Å². The smallest absolute Gasteiger partial charge is 0.188 e. The van der Waals surface area contributed by atoms with Gasteiger partial charge in [0.15, 0.2) is 15.6 Å². The second kappa shape index (κ2) is 5.54. The molecule has 0 radical (unpaired) electrons. The topological polar surface area (TPSA) is 51.2 Å². The molecule has 0 amide bonds. The maximum Gasteiger partial charge on any atom is 0.188 e. The molecule has 1 unspecified atom stereocenters. The molecule has 20 heavy (non-hydrogen) atoms. The highest BCUT2D eigenvalue weighted by molar-refractivity contribution is 7.92. The molecular formula is C15H13FO3S. The van der Waals surface area contributed by atoms with E-state index in [-0.39, 0.29) is 4.90 Å². The maximum atomic E-state index is 12.8. The summed E-state index contributed by atoms with van der Waals surface area (Å²) in [5.74, 6) is -0.999. The summed E-state index contributed by atoms with van der Waals surface area (Å²) in [4.78, 5) is 12.1. The number of rotatable bonds is 4. The molecule has 0 aliphatic heterocycles. The lowest BCUT2D eigenvalue weighted by molar-refractivity contribution is 0.0991. The van der Waals surface area contributed by atoms with Gasteiger partial charge < -0.3 is 0 Å². The second-order valence-electron chi connectivity index (χ2n) is 4.37. The average Bonchev–Trinajstić information content (AvgIpc) is 2.47. The minimum Gasteiger partial charge on any atom is -0.293 e. The Hall–Kier alpha value is -2.01. The van der Waals surface area contributed by atoms with E-state index < -0.39 is 26.7 Å². The molecule has 2 rings (SSSR count). The molecule has 0 saturated heterocycles. The molecule has 0 aromatic heterocycles. The summed E-state index contributed by atoms with van der Waals surface area (Å²) in [7, 11) is -3.82. The first-order valence-electron chi connectivity index (χ1n) is 6.01. The Bertz CT molecular complexity index is 707. The molecule has 2 aromatic carbocycles. The molecule has 3 nitrogen and oxygen atoms in total. The summed E-state index contributed by atoms with van der Waals surface area (Å²) >= 11 is 0. The Kier molecular flexibility index (Phi) is 3.99. The van der Waals surface area contributed by atoms with Gasteiger partial charge in [-0.25, -0.2) is 12.8 Å². The van der Waals surface area contributed by atoms with E-state index in [0.29, 0.717) is 5.56 Å². The highest BCUT2D eigenvalue weighted by atomic mass is 32.2. The van der Waals surface area contributed by atoms with Gasteiger partial charge in [-0.15, -0.1) is 0 Å². The molecule has 2 aromatic rings. The monoisotopic (exact) mass is 292 g/mol. The highest BCUT2D eigenvalue weighted by Crippen LogP contribution is 2.19. The number of ketones is 1. The average molecular weight is 292 g/mol. The molecule has 0 heterocycles. The fourth-order valence-electron chi connectivity index (χ4n) is 1.81. The third kappa shape index (κ3) is 2.77. The molecule has 0 spiro atoms. The minimum absolute atomic E-state index is 0.0596. The number of carbonyl (C=O) groups is 1. The summed E-state index contributed by atoms with van der Waals surface area (Å²) in [6, 6.07) is 12.7. The predicted molar refractivity (Wildman–Crippen MR) is 73.8 cm³/mol. The Labute approximate surface area is 117 Å². The number of hydrogen-bond acceptors (Lipinski definition) is 3. The summed E-state index contributed by atoms with van der Waals surface area (Å²) in [6.07, 6.45) is 0. The zero-order chi connectivity index (χ0) is 14.8. The molecule has 0 fully saturated rings. The molecule has 0 aliphatic carbocycles. The number of carbonyl (C=O) groups excluding carboxylic acids is 1. The normalized spacial score (nSPS) is 12.9. The van der Waals surface area contributed by atoms with E-state index in [1.165, 1.54) is 19.1 Å². The van der Waals surface area contributed by atoms with Crippen LogP contribution in [-0.2, 0) is 9.84 Å². The van der Waals surface area contributed by atoms with Crippen molar-refractivity contribution < 1.29 is 17.6 Å². The van der Waals surface area contributed by atoms with E-state index in [2.05, 4.69) is 0 Å². The number of Topliss-reactive ketones (excluding diaryl/α,β-unsaturated/α-hetero) is 1. The quantitative estimate of drug-likeness (QED) is 0.643. The number of sulfone groups is 1. The Morgan fingerprint density at radius 3 is 2.10 bits per heavy atom. The fourth-order valence-corrected chi connectivity index (χ4v) is 3.15. The van der Waals surface area contributed by atoms with Crippen LogP contribution in [0, 0.1) is 5.82 Å². The van der Waals surface area contributed by atoms with E-state index in [4.69, 9.17) is 0 Å². The molecule has 0 aliphatic rings. The van der Waals surface area contributed by atoms with Gasteiger partial charge in [-0.3, -0.25) is 4.79 Å². The maximum absolute atomic E-state index is 12.8. The molecule has 0 saturated carbocycles. The van der Waals surface area contributed by atoms with Crippen LogP contribution in [0.25, 0.3) is 0 Å². The van der Waals surface area contributed by atoms with Crippen LogP contribution in [0.2, 0.25) is 0 Å². The molecule has 0 bridgehead atoms. The van der Waals surface area contributed by atoms with Crippen molar-refractivity contribution in [3.05, 3.63) is 66.0 Å². The number of benzene rings is 2. The van der Waals surface area contributed by atoms with Crippen LogP contribution in [-0.4, -0.2) is 19.5 Å². The van der Waals surface area contributed by atoms with Crippen LogP contribution in [0.3, 0.4) is 0 Å². The van der Waals surface area contributed by atoms with Crippen LogP contribution >= 0.6 is 0 Å². The third-order valence-corrected chi connectivity index (χ3v) is 5.11. The van der Waals surface area contributed by atoms with Gasteiger partial charge in [0.05, 0.1) is 4.90 Å². The zero-order valence-electron chi connectivity index (χ0n) is 10.8. The van der Waals surface area contributed by atoms with Crippen molar-refractivity contribution in [3.63, 3.8) is 0 Å². The summed E-state index contributed by atoms with van der Waals surface area (Å²) < 4.78 is 37.5. The van der Waals surface area contributed by atoms with Gasteiger partial charge in [-0.05, 0) is 31.2 Å². The van der Waals surface area contributed by atoms with Gasteiger partial charge in [0.1, 0.15) is 11.1 Å². The van der Waals surface area contributed by atoms with Crippen molar-refractivity contribution in [1.29, 1.82) is 0 Å². The van der Waals surface area contributed by atoms with E-state index in [0.717, 1.165) is 12.1 Å². The minimum atomic E-state index is -3.82. The first kappa shape index (κ1) is 14.4. The SMILES string of the molecule is CC(C(=O)c1ccccc1)S(=O)(=O)c1ccc(F)cc1. The molecule has 5 heteroatoms. The first-order chi connectivity index (χ1) is 9.43. The lowest BCUT2D eigenvalue weighted by Gasteiger charge is -2.12. The zero-order valence-corrected chi connectivity index (χ0v) is 11.6. The van der Waals surface area contributed by atoms with E-state index >= 15 is 0 Å². The summed E-state index contributed by atoms with van der Waals surface area (Å²) in [6.45, 7) is 1.34. The van der Waals surface area contributed by atoms with Crippen molar-refractivity contribution in [3.8, 4) is 0 Å². The third-order valence-electron chi connectivity index (χ3n) is 3.04. The number of hydrogen-bond donors (Lipinski definition) is 0. The van der Waals surface area contributed by atoms with Gasteiger partial charge in [-0.2, -0.15) is 0 Å². The highest BCUT2D eigenvalue weighted by Gasteiger charge is 2.30. The van der Waals surface area contributed by atoms with Gasteiger partial charge >= 0.3 is 0 Å². The van der Waals surface area contributed by atoms with Crippen molar-refractivity contribution in [2.45, 2.75) is 17.1 Å². The van der Waals surface area contributed by atoms with Crippen molar-refractivity contribution in [1.82, 2.24) is 0 Å². The fraction of sp³-hybridized carbons (Fsp3) is 0.133. The van der Waals surface area contributed by atoms with E-state index in [1.807, 2.05) is 0 Å². The van der Waals surface area contributed by atoms with E-state index in [1.54, 1.807) is 30.3 Å². The lowest BCUT2D eigenvalue weighted by Crippen LogP contribution is -2.27. The Morgan fingerprint density at radius 2 is 1.55 bits per heavy atom.